The number of aliphatic hydroxyl groups excluding tert-OH is 1. The van der Waals surface area contributed by atoms with Crippen LogP contribution in [0.3, 0.4) is 0 Å². The van der Waals surface area contributed by atoms with Gasteiger partial charge in [0.15, 0.2) is 0 Å². The van der Waals surface area contributed by atoms with Crippen molar-refractivity contribution in [2.24, 2.45) is 0 Å². The number of aromatic nitrogens is 5. The van der Waals surface area contributed by atoms with Crippen LogP contribution in [0.5, 0.6) is 0 Å². The van der Waals surface area contributed by atoms with Gasteiger partial charge in [0.1, 0.15) is 17.6 Å². The number of carbonyl (C=O) groups excluding carboxylic acids is 1. The summed E-state index contributed by atoms with van der Waals surface area (Å²) in [6.07, 6.45) is 4.42. The van der Waals surface area contributed by atoms with E-state index >= 15 is 0 Å². The average Bonchev–Trinajstić information content (AvgIpc) is 3.18. The van der Waals surface area contributed by atoms with Crippen LogP contribution >= 0.6 is 0 Å². The second kappa shape index (κ2) is 9.06. The summed E-state index contributed by atoms with van der Waals surface area (Å²) in [6, 6.07) is 6.44. The maximum absolute atomic E-state index is 13.8. The minimum atomic E-state index is -0.721. The third kappa shape index (κ3) is 4.23. The molecule has 2 aliphatic heterocycles. The van der Waals surface area contributed by atoms with Crippen molar-refractivity contribution in [3.8, 4) is 22.6 Å². The van der Waals surface area contributed by atoms with Crippen LogP contribution in [-0.2, 0) is 22.5 Å². The molecule has 0 spiro atoms. The largest absolute Gasteiger partial charge is 0.458 e. The Bertz CT molecular complexity index is 1250. The van der Waals surface area contributed by atoms with Crippen molar-refractivity contribution in [1.82, 2.24) is 25.2 Å². The first-order chi connectivity index (χ1) is 16.4. The van der Waals surface area contributed by atoms with Gasteiger partial charge in [-0.05, 0) is 64.1 Å². The lowest BCUT2D eigenvalue weighted by atomic mass is 9.87. The fourth-order valence-electron chi connectivity index (χ4n) is 4.70. The molecule has 8 nitrogen and oxygen atoms in total. The van der Waals surface area contributed by atoms with E-state index in [2.05, 4.69) is 29.4 Å². The number of ether oxygens (including phenoxy) is 1. The van der Waals surface area contributed by atoms with E-state index in [1.807, 2.05) is 12.2 Å². The van der Waals surface area contributed by atoms with Crippen molar-refractivity contribution in [1.29, 1.82) is 0 Å². The summed E-state index contributed by atoms with van der Waals surface area (Å²) in [5.41, 5.74) is 5.28. The molecule has 0 saturated carbocycles. The number of hydrogen-bond acceptors (Lipinski definition) is 7. The van der Waals surface area contributed by atoms with Gasteiger partial charge in [0.2, 0.25) is 5.82 Å². The molecule has 5 rings (SSSR count). The van der Waals surface area contributed by atoms with Crippen LogP contribution in [0.1, 0.15) is 55.8 Å². The van der Waals surface area contributed by atoms with E-state index in [1.54, 1.807) is 16.8 Å². The van der Waals surface area contributed by atoms with E-state index in [0.29, 0.717) is 18.8 Å². The van der Waals surface area contributed by atoms with Gasteiger partial charge in [-0.15, -0.1) is 5.10 Å². The Balaban J connectivity index is 1.73. The minimum absolute atomic E-state index is 0.0114. The van der Waals surface area contributed by atoms with Crippen molar-refractivity contribution < 1.29 is 19.0 Å². The van der Waals surface area contributed by atoms with Crippen molar-refractivity contribution in [3.05, 3.63) is 53.0 Å². The summed E-state index contributed by atoms with van der Waals surface area (Å²) >= 11 is 0. The van der Waals surface area contributed by atoms with E-state index in [9.17, 15) is 14.3 Å². The van der Waals surface area contributed by atoms with Gasteiger partial charge in [0.05, 0.1) is 18.2 Å². The Morgan fingerprint density at radius 3 is 2.79 bits per heavy atom. The van der Waals surface area contributed by atoms with Crippen LogP contribution in [0.15, 0.2) is 30.3 Å². The Hall–Kier alpha value is -3.46. The van der Waals surface area contributed by atoms with Gasteiger partial charge in [-0.1, -0.05) is 32.1 Å². The number of cyclic esters (lactones) is 1. The second-order valence-corrected chi connectivity index (χ2v) is 9.08. The smallest absolute Gasteiger partial charge is 0.309 e. The Labute approximate surface area is 196 Å². The van der Waals surface area contributed by atoms with E-state index in [4.69, 9.17) is 9.72 Å². The first kappa shape index (κ1) is 22.3. The highest BCUT2D eigenvalue weighted by molar-refractivity contribution is 5.84. The molecule has 0 radical (unpaired) electrons. The van der Waals surface area contributed by atoms with Gasteiger partial charge >= 0.3 is 5.97 Å². The summed E-state index contributed by atoms with van der Waals surface area (Å²) < 4.78 is 21.0. The third-order valence-corrected chi connectivity index (χ3v) is 6.25. The maximum Gasteiger partial charge on any atom is 0.309 e. The third-order valence-electron chi connectivity index (χ3n) is 6.25. The highest BCUT2D eigenvalue weighted by Gasteiger charge is 2.28. The number of pyridine rings is 1. The molecular formula is C25H26FN5O3. The maximum atomic E-state index is 13.8. The van der Waals surface area contributed by atoms with Crippen molar-refractivity contribution in [2.45, 2.75) is 64.2 Å². The standard InChI is InChI=1S/C25H26FN5O3/c1-14(2)23-20(10-9-18-12-17(32)13-21(33)34-18)22(15-5-7-16(26)8-6-15)19-4-3-11-31-25(24(19)27-23)28-29-30-31/h5-10,14,17-18,32H,3-4,11-13H2,1-2H3/t17-,18-/m1/s1. The molecule has 1 aromatic carbocycles. The van der Waals surface area contributed by atoms with Crippen LogP contribution in [-0.4, -0.2) is 48.5 Å². The van der Waals surface area contributed by atoms with Crippen LogP contribution in [0.4, 0.5) is 4.39 Å². The summed E-state index contributed by atoms with van der Waals surface area (Å²) in [5, 5.41) is 22.2. The lowest BCUT2D eigenvalue weighted by molar-refractivity contribution is -0.156. The number of carbonyl (C=O) groups is 1. The number of rotatable bonds is 4. The predicted molar refractivity (Wildman–Crippen MR) is 123 cm³/mol. The number of nitrogens with zero attached hydrogens (tertiary/aromatic N) is 5. The summed E-state index contributed by atoms with van der Waals surface area (Å²) in [6.45, 7) is 4.80. The fraction of sp³-hybridized carbons (Fsp3) is 0.400. The first-order valence-electron chi connectivity index (χ1n) is 11.6. The van der Waals surface area contributed by atoms with Crippen LogP contribution in [0.2, 0.25) is 0 Å². The summed E-state index contributed by atoms with van der Waals surface area (Å²) in [4.78, 5) is 16.9. The lowest BCUT2D eigenvalue weighted by Crippen LogP contribution is -2.31. The minimum Gasteiger partial charge on any atom is -0.458 e. The van der Waals surface area contributed by atoms with Gasteiger partial charge in [-0.3, -0.25) is 4.79 Å². The van der Waals surface area contributed by atoms with Crippen LogP contribution < -0.4 is 0 Å². The number of benzene rings is 1. The molecule has 2 atom stereocenters. The number of halogens is 1. The highest BCUT2D eigenvalue weighted by atomic mass is 19.1. The summed E-state index contributed by atoms with van der Waals surface area (Å²) in [5.74, 6) is -0.0332. The van der Waals surface area contributed by atoms with Crippen LogP contribution in [0.25, 0.3) is 28.7 Å². The molecule has 1 fully saturated rings. The number of fused-ring (bicyclic) bond motifs is 3. The molecule has 0 amide bonds. The van der Waals surface area contributed by atoms with Gasteiger partial charge in [0.25, 0.3) is 0 Å². The van der Waals surface area contributed by atoms with Gasteiger partial charge in [0, 0.05) is 18.5 Å². The van der Waals surface area contributed by atoms with Crippen molar-refractivity contribution in [3.63, 3.8) is 0 Å². The van der Waals surface area contributed by atoms with Crippen molar-refractivity contribution >= 4 is 12.0 Å². The first-order valence-corrected chi connectivity index (χ1v) is 11.6. The zero-order valence-electron chi connectivity index (χ0n) is 19.1. The molecule has 2 aliphatic rings. The van der Waals surface area contributed by atoms with Gasteiger partial charge < -0.3 is 9.84 Å². The molecule has 4 heterocycles. The van der Waals surface area contributed by atoms with Crippen molar-refractivity contribution in [2.75, 3.05) is 0 Å². The van der Waals surface area contributed by atoms with E-state index in [-0.39, 0.29) is 18.2 Å². The number of aliphatic hydroxyl groups is 1. The molecule has 1 saturated heterocycles. The fourth-order valence-corrected chi connectivity index (χ4v) is 4.70. The topological polar surface area (TPSA) is 103 Å². The van der Waals surface area contributed by atoms with E-state index in [1.165, 1.54) is 12.1 Å². The number of aryl methyl sites for hydroxylation is 1. The van der Waals surface area contributed by atoms with Gasteiger partial charge in [-0.2, -0.15) is 0 Å². The lowest BCUT2D eigenvalue weighted by Gasteiger charge is -2.24. The SMILES string of the molecule is CC(C)c1nc2c(c(-c3ccc(F)cc3)c1C=C[C@@H]1C[C@@H](O)CC(=O)O1)CCCn1nnnc1-2. The van der Waals surface area contributed by atoms with Gasteiger partial charge in [-0.25, -0.2) is 14.1 Å². The Morgan fingerprint density at radius 2 is 2.06 bits per heavy atom. The zero-order valence-corrected chi connectivity index (χ0v) is 19.1. The predicted octanol–water partition coefficient (Wildman–Crippen LogP) is 3.69. The van der Waals surface area contributed by atoms with E-state index in [0.717, 1.165) is 46.5 Å². The number of hydrogen-bond donors (Lipinski definition) is 1. The number of esters is 1. The summed E-state index contributed by atoms with van der Waals surface area (Å²) in [7, 11) is 0. The normalized spacial score (nSPS) is 20.2. The molecular weight excluding hydrogens is 437 g/mol. The molecule has 1 N–H and O–H groups in total. The zero-order chi connectivity index (χ0) is 23.8. The van der Waals surface area contributed by atoms with Crippen LogP contribution in [0, 0.1) is 5.82 Å². The molecule has 176 valence electrons. The molecule has 9 heteroatoms. The monoisotopic (exact) mass is 463 g/mol. The molecule has 34 heavy (non-hydrogen) atoms. The molecule has 0 aliphatic carbocycles. The Morgan fingerprint density at radius 1 is 1.26 bits per heavy atom. The average molecular weight is 464 g/mol. The molecule has 0 unspecified atom stereocenters. The quantitative estimate of drug-likeness (QED) is 0.589. The highest BCUT2D eigenvalue weighted by Crippen LogP contribution is 2.40. The second-order valence-electron chi connectivity index (χ2n) is 9.08. The molecule has 0 bridgehead atoms. The molecule has 3 aromatic rings. The number of tetrazole rings is 1. The Kier molecular flexibility index (Phi) is 5.95. The molecule has 2 aromatic heterocycles. The van der Waals surface area contributed by atoms with E-state index < -0.39 is 18.2 Å².